The smallest absolute Gasteiger partial charge is 0.106 e. The van der Waals surface area contributed by atoms with Gasteiger partial charge in [-0.3, -0.25) is 4.90 Å². The largest absolute Gasteiger partial charge is 0.495 e. The van der Waals surface area contributed by atoms with Gasteiger partial charge in [-0.05, 0) is 83.6 Å². The monoisotopic (exact) mass is 672 g/mol. The summed E-state index contributed by atoms with van der Waals surface area (Å²) >= 11 is 0. The van der Waals surface area contributed by atoms with Crippen molar-refractivity contribution in [2.24, 2.45) is 0 Å². The number of aliphatic hydroxyl groups excluding tert-OH is 2. The summed E-state index contributed by atoms with van der Waals surface area (Å²) in [6, 6.07) is 0. The molecule has 0 aromatic rings. The van der Waals surface area contributed by atoms with Gasteiger partial charge in [-0.2, -0.15) is 0 Å². The van der Waals surface area contributed by atoms with Crippen LogP contribution in [0.3, 0.4) is 0 Å². The van der Waals surface area contributed by atoms with Gasteiger partial charge in [-0.25, -0.2) is 0 Å². The van der Waals surface area contributed by atoms with Gasteiger partial charge in [0.2, 0.25) is 0 Å². The number of aliphatic hydroxyl groups is 2. The van der Waals surface area contributed by atoms with Crippen LogP contribution in [0.5, 0.6) is 0 Å². The van der Waals surface area contributed by atoms with E-state index in [0.29, 0.717) is 26.3 Å². The molecule has 0 heterocycles. The number of allylic oxidation sites excluding steroid dienone is 6. The second-order valence-corrected chi connectivity index (χ2v) is 14.1. The molecule has 2 unspecified atom stereocenters. The molecular formula is C43H77NO4. The Morgan fingerprint density at radius 2 is 1.10 bits per heavy atom. The second kappa shape index (κ2) is 32.4. The zero-order valence-corrected chi connectivity index (χ0v) is 31.6. The third-order valence-electron chi connectivity index (χ3n) is 9.12. The lowest BCUT2D eigenvalue weighted by molar-refractivity contribution is 0.0601. The maximum absolute atomic E-state index is 10.9. The van der Waals surface area contributed by atoms with Gasteiger partial charge in [-0.15, -0.1) is 0 Å². The quantitative estimate of drug-likeness (QED) is 0.0394. The van der Waals surface area contributed by atoms with E-state index in [-0.39, 0.29) is 12.2 Å². The van der Waals surface area contributed by atoms with Gasteiger partial charge in [0, 0.05) is 25.9 Å². The predicted octanol–water partition coefficient (Wildman–Crippen LogP) is 11.5. The summed E-state index contributed by atoms with van der Waals surface area (Å²) in [6.07, 6.45) is 37.3. The summed E-state index contributed by atoms with van der Waals surface area (Å²) in [5, 5.41) is 21.7. The molecule has 0 aliphatic heterocycles. The Kier molecular flexibility index (Phi) is 29.8. The summed E-state index contributed by atoms with van der Waals surface area (Å²) in [7, 11) is 0. The van der Waals surface area contributed by atoms with Gasteiger partial charge < -0.3 is 19.7 Å². The highest BCUT2D eigenvalue weighted by Crippen LogP contribution is 2.28. The van der Waals surface area contributed by atoms with E-state index in [1.807, 2.05) is 0 Å². The Bertz CT molecular complexity index is 801. The van der Waals surface area contributed by atoms with E-state index < -0.39 is 0 Å². The van der Waals surface area contributed by atoms with E-state index in [1.54, 1.807) is 5.57 Å². The number of unbranched alkanes of at least 4 members (excludes halogenated alkanes) is 13. The average Bonchev–Trinajstić information content (AvgIpc) is 3.90. The van der Waals surface area contributed by atoms with E-state index in [9.17, 15) is 10.2 Å². The lowest BCUT2D eigenvalue weighted by Gasteiger charge is -2.27. The Labute approximate surface area is 297 Å². The lowest BCUT2D eigenvalue weighted by Crippen LogP contribution is -2.38. The van der Waals surface area contributed by atoms with Crippen molar-refractivity contribution >= 4 is 0 Å². The maximum Gasteiger partial charge on any atom is 0.106 e. The number of hydrogen-bond donors (Lipinski definition) is 2. The van der Waals surface area contributed by atoms with Crippen molar-refractivity contribution in [3.8, 4) is 0 Å². The fraction of sp³-hybridized carbons (Fsp3) is 0.767. The summed E-state index contributed by atoms with van der Waals surface area (Å²) in [6.45, 7) is 16.1. The van der Waals surface area contributed by atoms with Crippen LogP contribution in [0.4, 0.5) is 0 Å². The van der Waals surface area contributed by atoms with Crippen LogP contribution in [0, 0.1) is 0 Å². The highest BCUT2D eigenvalue weighted by atomic mass is 16.5. The fourth-order valence-electron chi connectivity index (χ4n) is 5.92. The van der Waals surface area contributed by atoms with Crippen molar-refractivity contribution in [3.05, 3.63) is 60.6 Å². The molecule has 0 amide bonds. The molecule has 278 valence electrons. The molecule has 5 heteroatoms. The van der Waals surface area contributed by atoms with Crippen molar-refractivity contribution in [2.45, 2.75) is 180 Å². The molecule has 0 aromatic carbocycles. The number of nitrogens with zero attached hydrogens (tertiary/aromatic N) is 1. The molecule has 0 bridgehead atoms. The van der Waals surface area contributed by atoms with Gasteiger partial charge in [-0.1, -0.05) is 127 Å². The van der Waals surface area contributed by atoms with Crippen LogP contribution in [0.25, 0.3) is 0 Å². The van der Waals surface area contributed by atoms with Gasteiger partial charge in [0.05, 0.1) is 23.7 Å². The molecule has 1 rings (SSSR count). The Morgan fingerprint density at radius 1 is 0.625 bits per heavy atom. The summed E-state index contributed by atoms with van der Waals surface area (Å²) in [5.41, 5.74) is 1.59. The zero-order valence-electron chi connectivity index (χ0n) is 31.6. The first-order valence-corrected chi connectivity index (χ1v) is 20.1. The number of rotatable bonds is 36. The molecule has 2 N–H and O–H groups in total. The van der Waals surface area contributed by atoms with Crippen molar-refractivity contribution in [1.82, 2.24) is 4.90 Å². The average molecular weight is 672 g/mol. The van der Waals surface area contributed by atoms with Gasteiger partial charge in [0.15, 0.2) is 0 Å². The molecule has 1 saturated carbocycles. The number of hydrogen-bond acceptors (Lipinski definition) is 5. The first kappa shape index (κ1) is 44.2. The molecule has 0 spiro atoms. The minimum absolute atomic E-state index is 0.359. The lowest BCUT2D eigenvalue weighted by atomic mass is 10.1. The van der Waals surface area contributed by atoms with Crippen LogP contribution in [-0.2, 0) is 9.47 Å². The molecular weight excluding hydrogens is 594 g/mol. The van der Waals surface area contributed by atoms with Crippen LogP contribution in [0.1, 0.15) is 168 Å². The highest BCUT2D eigenvalue weighted by Gasteiger charge is 2.16. The van der Waals surface area contributed by atoms with E-state index in [0.717, 1.165) is 108 Å². The van der Waals surface area contributed by atoms with Crippen molar-refractivity contribution in [1.29, 1.82) is 0 Å². The zero-order chi connectivity index (χ0) is 34.9. The molecule has 1 aliphatic carbocycles. The Hall–Kier alpha value is -1.82. The first-order valence-electron chi connectivity index (χ1n) is 20.1. The standard InChI is InChI=1S/C43H77NO4/c1-5-7-9-11-13-15-25-35-47-39(3)27-19-17-21-30-42(45)37-44(34-24-23-29-41-32-33-41)38-43(46)31-22-18-20-28-40(4)48-36-26-16-14-12-10-8-6-2/h15-16,25-26,29,42-43,45-46H,3-14,17-24,27-28,30-38H2,1-2H3/b25-15-,26-16-. The summed E-state index contributed by atoms with van der Waals surface area (Å²) < 4.78 is 11.5. The molecule has 1 aliphatic rings. The minimum Gasteiger partial charge on any atom is -0.495 e. The van der Waals surface area contributed by atoms with E-state index in [1.165, 1.54) is 64.2 Å². The third kappa shape index (κ3) is 30.3. The van der Waals surface area contributed by atoms with E-state index in [2.05, 4.69) is 62.3 Å². The highest BCUT2D eigenvalue weighted by molar-refractivity contribution is 5.15. The number of ether oxygens (including phenoxy) is 2. The normalized spacial score (nSPS) is 14.2. The summed E-state index contributed by atoms with van der Waals surface area (Å²) in [4.78, 5) is 2.29. The Morgan fingerprint density at radius 3 is 1.56 bits per heavy atom. The van der Waals surface area contributed by atoms with E-state index in [4.69, 9.17) is 9.47 Å². The minimum atomic E-state index is -0.359. The van der Waals surface area contributed by atoms with Crippen LogP contribution >= 0.6 is 0 Å². The van der Waals surface area contributed by atoms with Crippen LogP contribution in [0.2, 0.25) is 0 Å². The fourth-order valence-corrected chi connectivity index (χ4v) is 5.92. The van der Waals surface area contributed by atoms with Crippen molar-refractivity contribution in [2.75, 3.05) is 32.8 Å². The SMILES string of the molecule is C=C(CCCCCC(O)CN(CCCC=C1CC1)CC(O)CCCCCC(=C)OC/C=C\CCCCCC)OC/C=C\CCCCCC. The molecule has 5 nitrogen and oxygen atoms in total. The van der Waals surface area contributed by atoms with Crippen LogP contribution in [0.15, 0.2) is 60.6 Å². The maximum atomic E-state index is 10.9. The molecule has 48 heavy (non-hydrogen) atoms. The van der Waals surface area contributed by atoms with E-state index >= 15 is 0 Å². The topological polar surface area (TPSA) is 62.2 Å². The third-order valence-corrected chi connectivity index (χ3v) is 9.12. The Balaban J connectivity index is 2.20. The summed E-state index contributed by atoms with van der Waals surface area (Å²) in [5.74, 6) is 1.73. The van der Waals surface area contributed by atoms with Gasteiger partial charge in [0.25, 0.3) is 0 Å². The van der Waals surface area contributed by atoms with Crippen molar-refractivity contribution < 1.29 is 19.7 Å². The van der Waals surface area contributed by atoms with Crippen LogP contribution < -0.4 is 0 Å². The molecule has 0 aromatic heterocycles. The molecule has 2 atom stereocenters. The predicted molar refractivity (Wildman–Crippen MR) is 207 cm³/mol. The molecule has 0 saturated heterocycles. The first-order chi connectivity index (χ1) is 23.4. The van der Waals surface area contributed by atoms with Gasteiger partial charge >= 0.3 is 0 Å². The van der Waals surface area contributed by atoms with Crippen molar-refractivity contribution in [3.63, 3.8) is 0 Å². The molecule has 1 fully saturated rings. The van der Waals surface area contributed by atoms with Crippen LogP contribution in [-0.4, -0.2) is 60.2 Å². The second-order valence-electron chi connectivity index (χ2n) is 14.1. The molecule has 0 radical (unpaired) electrons. The van der Waals surface area contributed by atoms with Gasteiger partial charge in [0.1, 0.15) is 13.2 Å².